The molecule has 1 fully saturated rings. The minimum absolute atomic E-state index is 0.100. The van der Waals surface area contributed by atoms with Crippen molar-refractivity contribution in [3.8, 4) is 5.75 Å². The first-order valence-corrected chi connectivity index (χ1v) is 9.07. The van der Waals surface area contributed by atoms with Crippen LogP contribution in [-0.4, -0.2) is 48.6 Å². The fraction of sp³-hybridized carbons (Fsp3) is 0.333. The van der Waals surface area contributed by atoms with Gasteiger partial charge in [-0.3, -0.25) is 4.79 Å². The predicted octanol–water partition coefficient (Wildman–Crippen LogP) is 2.96. The number of likely N-dealkylation sites (tertiary alicyclic amines) is 1. The Morgan fingerprint density at radius 1 is 1.11 bits per heavy atom. The van der Waals surface area contributed by atoms with Gasteiger partial charge in [0.25, 0.3) is 5.91 Å². The van der Waals surface area contributed by atoms with Crippen molar-refractivity contribution in [1.82, 2.24) is 10.2 Å². The van der Waals surface area contributed by atoms with Crippen molar-refractivity contribution >= 4 is 11.9 Å². The Balaban J connectivity index is 1.80. The molecule has 1 atom stereocenters. The van der Waals surface area contributed by atoms with Gasteiger partial charge in [-0.25, -0.2) is 4.79 Å². The molecule has 3 rings (SSSR count). The molecule has 27 heavy (non-hydrogen) atoms. The van der Waals surface area contributed by atoms with Crippen LogP contribution in [0.15, 0.2) is 48.5 Å². The van der Waals surface area contributed by atoms with Crippen LogP contribution in [0.5, 0.6) is 5.75 Å². The Hall–Kier alpha value is -2.86. The van der Waals surface area contributed by atoms with Crippen LogP contribution in [0.2, 0.25) is 0 Å². The van der Waals surface area contributed by atoms with E-state index in [0.29, 0.717) is 5.56 Å². The molecule has 2 aromatic carbocycles. The van der Waals surface area contributed by atoms with E-state index in [2.05, 4.69) is 10.2 Å². The van der Waals surface area contributed by atoms with Crippen molar-refractivity contribution in [3.05, 3.63) is 65.2 Å². The highest BCUT2D eigenvalue weighted by molar-refractivity contribution is 5.97. The quantitative estimate of drug-likeness (QED) is 0.786. The summed E-state index contributed by atoms with van der Waals surface area (Å²) < 4.78 is 5.21. The molecular formula is C21H24N2O4. The fourth-order valence-corrected chi connectivity index (χ4v) is 3.33. The van der Waals surface area contributed by atoms with E-state index >= 15 is 0 Å². The van der Waals surface area contributed by atoms with Crippen LogP contribution >= 0.6 is 0 Å². The highest BCUT2D eigenvalue weighted by Crippen LogP contribution is 2.21. The number of carbonyl (C=O) groups excluding carboxylic acids is 1. The molecule has 0 aliphatic carbocycles. The van der Waals surface area contributed by atoms with E-state index in [1.807, 2.05) is 24.3 Å². The van der Waals surface area contributed by atoms with E-state index in [0.717, 1.165) is 30.9 Å². The molecule has 0 bridgehead atoms. The summed E-state index contributed by atoms with van der Waals surface area (Å²) in [5, 5.41) is 12.2. The summed E-state index contributed by atoms with van der Waals surface area (Å²) in [7, 11) is 1.62. The second kappa shape index (κ2) is 8.68. The number of nitrogens with zero attached hydrogens (tertiary/aromatic N) is 1. The number of benzene rings is 2. The molecular weight excluding hydrogens is 344 g/mol. The lowest BCUT2D eigenvalue weighted by Crippen LogP contribution is -2.37. The van der Waals surface area contributed by atoms with Crippen molar-refractivity contribution < 1.29 is 19.4 Å². The van der Waals surface area contributed by atoms with Crippen LogP contribution < -0.4 is 10.1 Å². The molecule has 0 aromatic heterocycles. The summed E-state index contributed by atoms with van der Waals surface area (Å²) in [6.45, 7) is 2.77. The zero-order chi connectivity index (χ0) is 19.2. The average molecular weight is 368 g/mol. The third kappa shape index (κ3) is 4.86. The average Bonchev–Trinajstić information content (AvgIpc) is 3.20. The number of carboxylic acids is 1. The van der Waals surface area contributed by atoms with Crippen molar-refractivity contribution in [1.29, 1.82) is 0 Å². The van der Waals surface area contributed by atoms with E-state index < -0.39 is 5.97 Å². The summed E-state index contributed by atoms with van der Waals surface area (Å²) in [5.74, 6) is -0.564. The number of hydrogen-bond acceptors (Lipinski definition) is 4. The number of rotatable bonds is 7. The van der Waals surface area contributed by atoms with Gasteiger partial charge in [0.05, 0.1) is 18.7 Å². The van der Waals surface area contributed by atoms with Gasteiger partial charge in [0.2, 0.25) is 0 Å². The van der Waals surface area contributed by atoms with Crippen LogP contribution in [0.3, 0.4) is 0 Å². The minimum Gasteiger partial charge on any atom is -0.497 e. The number of carbonyl (C=O) groups is 2. The minimum atomic E-state index is -1.05. The summed E-state index contributed by atoms with van der Waals surface area (Å²) in [4.78, 5) is 26.2. The Morgan fingerprint density at radius 3 is 2.41 bits per heavy atom. The van der Waals surface area contributed by atoms with Gasteiger partial charge < -0.3 is 20.1 Å². The molecule has 0 saturated carbocycles. The lowest BCUT2D eigenvalue weighted by molar-refractivity contribution is 0.0697. The number of methoxy groups -OCH3 is 1. The summed E-state index contributed by atoms with van der Waals surface area (Å²) in [6.07, 6.45) is 2.34. The molecule has 1 unspecified atom stereocenters. The van der Waals surface area contributed by atoms with Crippen molar-refractivity contribution in [2.24, 2.45) is 0 Å². The Morgan fingerprint density at radius 2 is 1.78 bits per heavy atom. The summed E-state index contributed by atoms with van der Waals surface area (Å²) in [5.41, 5.74) is 1.43. The fourth-order valence-electron chi connectivity index (χ4n) is 3.33. The first-order valence-electron chi connectivity index (χ1n) is 9.07. The second-order valence-corrected chi connectivity index (χ2v) is 6.69. The molecule has 2 N–H and O–H groups in total. The molecule has 0 spiro atoms. The van der Waals surface area contributed by atoms with Gasteiger partial charge in [-0.2, -0.15) is 0 Å². The van der Waals surface area contributed by atoms with E-state index in [1.165, 1.54) is 25.0 Å². The Labute approximate surface area is 158 Å². The molecule has 1 saturated heterocycles. The maximum atomic E-state index is 12.8. The molecule has 6 heteroatoms. The van der Waals surface area contributed by atoms with Gasteiger partial charge >= 0.3 is 5.97 Å². The van der Waals surface area contributed by atoms with Gasteiger partial charge in [-0.15, -0.1) is 0 Å². The first kappa shape index (κ1) is 18.9. The van der Waals surface area contributed by atoms with Crippen LogP contribution in [0.1, 0.15) is 45.2 Å². The SMILES string of the molecule is COc1ccc(C(CN2CCCC2)NC(=O)c2cccc(C(=O)O)c2)cc1. The molecule has 1 heterocycles. The normalized spacial score (nSPS) is 15.3. The number of carboxylic acid groups (broad SMARTS) is 1. The summed E-state index contributed by atoms with van der Waals surface area (Å²) >= 11 is 0. The van der Waals surface area contributed by atoms with E-state index in [4.69, 9.17) is 9.84 Å². The van der Waals surface area contributed by atoms with Gasteiger partial charge in [0.1, 0.15) is 5.75 Å². The van der Waals surface area contributed by atoms with E-state index in [9.17, 15) is 9.59 Å². The molecule has 0 radical (unpaired) electrons. The predicted molar refractivity (Wildman–Crippen MR) is 102 cm³/mol. The van der Waals surface area contributed by atoms with Crippen molar-refractivity contribution in [2.45, 2.75) is 18.9 Å². The molecule has 142 valence electrons. The topological polar surface area (TPSA) is 78.9 Å². The zero-order valence-electron chi connectivity index (χ0n) is 15.4. The number of ether oxygens (including phenoxy) is 1. The molecule has 1 aliphatic heterocycles. The number of amides is 1. The molecule has 1 aliphatic rings. The lowest BCUT2D eigenvalue weighted by Gasteiger charge is -2.25. The molecule has 6 nitrogen and oxygen atoms in total. The highest BCUT2D eigenvalue weighted by atomic mass is 16.5. The Kier molecular flexibility index (Phi) is 6.08. The highest BCUT2D eigenvalue weighted by Gasteiger charge is 2.21. The third-order valence-electron chi connectivity index (χ3n) is 4.83. The van der Waals surface area contributed by atoms with Crippen molar-refractivity contribution in [3.63, 3.8) is 0 Å². The third-order valence-corrected chi connectivity index (χ3v) is 4.83. The summed E-state index contributed by atoms with van der Waals surface area (Å²) in [6, 6.07) is 13.6. The Bertz CT molecular complexity index is 798. The van der Waals surface area contributed by atoms with Gasteiger partial charge in [-0.05, 0) is 61.8 Å². The zero-order valence-corrected chi connectivity index (χ0v) is 15.4. The smallest absolute Gasteiger partial charge is 0.335 e. The number of hydrogen-bond donors (Lipinski definition) is 2. The van der Waals surface area contributed by atoms with Gasteiger partial charge in [0.15, 0.2) is 0 Å². The van der Waals surface area contributed by atoms with Gasteiger partial charge in [0, 0.05) is 12.1 Å². The van der Waals surface area contributed by atoms with Crippen molar-refractivity contribution in [2.75, 3.05) is 26.7 Å². The standard InChI is InChI=1S/C21H24N2O4/c1-27-18-9-7-15(8-10-18)19(14-23-11-2-3-12-23)22-20(24)16-5-4-6-17(13-16)21(25)26/h4-10,13,19H,2-3,11-12,14H2,1H3,(H,22,24)(H,25,26). The van der Waals surface area contributed by atoms with E-state index in [1.54, 1.807) is 19.2 Å². The monoisotopic (exact) mass is 368 g/mol. The largest absolute Gasteiger partial charge is 0.497 e. The first-order chi connectivity index (χ1) is 13.1. The molecule has 1 amide bonds. The molecule has 2 aromatic rings. The number of aromatic carboxylic acids is 1. The van der Waals surface area contributed by atoms with Crippen LogP contribution in [0.4, 0.5) is 0 Å². The van der Waals surface area contributed by atoms with Gasteiger partial charge in [-0.1, -0.05) is 18.2 Å². The number of nitrogens with one attached hydrogen (secondary N) is 1. The lowest BCUT2D eigenvalue weighted by atomic mass is 10.0. The van der Waals surface area contributed by atoms with Crippen LogP contribution in [0.25, 0.3) is 0 Å². The maximum Gasteiger partial charge on any atom is 0.335 e. The van der Waals surface area contributed by atoms with Crippen LogP contribution in [0, 0.1) is 0 Å². The van der Waals surface area contributed by atoms with Crippen LogP contribution in [-0.2, 0) is 0 Å². The second-order valence-electron chi connectivity index (χ2n) is 6.69. The van der Waals surface area contributed by atoms with E-state index in [-0.39, 0.29) is 17.5 Å². The maximum absolute atomic E-state index is 12.8.